The number of carbonyl (C=O) groups is 1. The highest BCUT2D eigenvalue weighted by molar-refractivity contribution is 7.99. The van der Waals surface area contributed by atoms with E-state index in [1.165, 1.54) is 17.3 Å². The number of aryl methyl sites for hydroxylation is 1. The van der Waals surface area contributed by atoms with Gasteiger partial charge in [-0.15, -0.1) is 0 Å². The third-order valence-electron chi connectivity index (χ3n) is 5.05. The van der Waals surface area contributed by atoms with E-state index in [4.69, 9.17) is 4.74 Å². The molecule has 6 nitrogen and oxygen atoms in total. The van der Waals surface area contributed by atoms with E-state index in [-0.39, 0.29) is 5.91 Å². The molecule has 1 aliphatic rings. The van der Waals surface area contributed by atoms with Crippen LogP contribution in [0.15, 0.2) is 59.8 Å². The molecule has 30 heavy (non-hydrogen) atoms. The summed E-state index contributed by atoms with van der Waals surface area (Å²) in [6, 6.07) is 18.2. The van der Waals surface area contributed by atoms with Crippen LogP contribution in [0.3, 0.4) is 0 Å². The lowest BCUT2D eigenvalue weighted by molar-refractivity contribution is -0.113. The maximum absolute atomic E-state index is 12.6. The van der Waals surface area contributed by atoms with Gasteiger partial charge in [0.05, 0.1) is 36.0 Å². The molecule has 1 saturated heterocycles. The minimum Gasteiger partial charge on any atom is -0.378 e. The summed E-state index contributed by atoms with van der Waals surface area (Å²) in [5.41, 5.74) is 5.16. The van der Waals surface area contributed by atoms with Gasteiger partial charge in [-0.1, -0.05) is 54.2 Å². The van der Waals surface area contributed by atoms with Crippen molar-refractivity contribution in [3.8, 4) is 0 Å². The lowest BCUT2D eigenvalue weighted by Crippen LogP contribution is -2.36. The summed E-state index contributed by atoms with van der Waals surface area (Å²) in [6.07, 6.45) is 0.781. The number of hydrogen-bond donors (Lipinski definition) is 2. The molecule has 0 aliphatic carbocycles. The quantitative estimate of drug-likeness (QED) is 0.566. The molecule has 0 radical (unpaired) electrons. The highest BCUT2D eigenvalue weighted by atomic mass is 32.2. The van der Waals surface area contributed by atoms with Gasteiger partial charge in [0, 0.05) is 25.2 Å². The van der Waals surface area contributed by atoms with E-state index in [0.29, 0.717) is 19.0 Å². The number of ether oxygens (including phenoxy) is 1. The lowest BCUT2D eigenvalue weighted by atomic mass is 10.1. The molecule has 1 aliphatic heterocycles. The first-order chi connectivity index (χ1) is 14.7. The number of imidazole rings is 1. The van der Waals surface area contributed by atoms with Gasteiger partial charge in [-0.2, -0.15) is 0 Å². The monoisotopic (exact) mass is 422 g/mol. The van der Waals surface area contributed by atoms with Crippen LogP contribution in [0.5, 0.6) is 0 Å². The number of amides is 1. The zero-order valence-corrected chi connectivity index (χ0v) is 17.9. The summed E-state index contributed by atoms with van der Waals surface area (Å²) >= 11 is 1.42. The molecule has 2 heterocycles. The molecule has 0 spiro atoms. The van der Waals surface area contributed by atoms with E-state index in [1.807, 2.05) is 49.4 Å². The van der Waals surface area contributed by atoms with E-state index in [2.05, 4.69) is 32.3 Å². The highest BCUT2D eigenvalue weighted by Gasteiger charge is 2.16. The number of nitrogens with zero attached hydrogens (tertiary/aromatic N) is 2. The van der Waals surface area contributed by atoms with Gasteiger partial charge in [0.2, 0.25) is 5.91 Å². The lowest BCUT2D eigenvalue weighted by Gasteiger charge is -2.30. The summed E-state index contributed by atoms with van der Waals surface area (Å²) in [6.45, 7) is 5.10. The third kappa shape index (κ3) is 5.23. The smallest absolute Gasteiger partial charge is 0.234 e. The Bertz CT molecular complexity index is 984. The molecule has 156 valence electrons. The number of benzene rings is 2. The second-order valence-electron chi connectivity index (χ2n) is 7.23. The van der Waals surface area contributed by atoms with Crippen molar-refractivity contribution in [2.45, 2.75) is 18.5 Å². The van der Waals surface area contributed by atoms with Crippen LogP contribution in [0, 0.1) is 6.92 Å². The fraction of sp³-hybridized carbons (Fsp3) is 0.304. The maximum Gasteiger partial charge on any atom is 0.234 e. The van der Waals surface area contributed by atoms with Crippen molar-refractivity contribution in [3.05, 3.63) is 71.5 Å². The van der Waals surface area contributed by atoms with E-state index in [1.54, 1.807) is 0 Å². The number of aromatic nitrogens is 2. The molecule has 2 aromatic carbocycles. The average Bonchev–Trinajstić information content (AvgIpc) is 3.13. The molecular formula is C23H26N4O2S. The molecule has 1 aromatic heterocycles. The van der Waals surface area contributed by atoms with Gasteiger partial charge >= 0.3 is 0 Å². The molecule has 2 N–H and O–H groups in total. The molecule has 0 atom stereocenters. The second-order valence-corrected chi connectivity index (χ2v) is 8.19. The minimum atomic E-state index is -0.0422. The number of thioether (sulfide) groups is 1. The van der Waals surface area contributed by atoms with Crippen molar-refractivity contribution in [2.24, 2.45) is 0 Å². The number of morpholine rings is 1. The predicted octanol–water partition coefficient (Wildman–Crippen LogP) is 3.88. The fourth-order valence-corrected chi connectivity index (χ4v) is 4.22. The summed E-state index contributed by atoms with van der Waals surface area (Å²) in [5, 5.41) is 3.83. The number of rotatable bonds is 7. The van der Waals surface area contributed by atoms with E-state index < -0.39 is 0 Å². The molecule has 0 bridgehead atoms. The number of carbonyl (C=O) groups excluding carboxylic acids is 1. The molecule has 0 saturated carbocycles. The van der Waals surface area contributed by atoms with Crippen molar-refractivity contribution in [2.75, 3.05) is 42.3 Å². The number of para-hydroxylation sites is 2. The Labute approximate surface area is 181 Å². The normalized spacial score (nSPS) is 14.0. The third-order valence-corrected chi connectivity index (χ3v) is 5.92. The van der Waals surface area contributed by atoms with Crippen LogP contribution in [0.2, 0.25) is 0 Å². The largest absolute Gasteiger partial charge is 0.378 e. The van der Waals surface area contributed by atoms with Gasteiger partial charge in [-0.25, -0.2) is 4.98 Å². The van der Waals surface area contributed by atoms with Crippen LogP contribution in [-0.2, 0) is 16.0 Å². The summed E-state index contributed by atoms with van der Waals surface area (Å²) < 4.78 is 5.44. The number of H-pyrrole nitrogens is 1. The minimum absolute atomic E-state index is 0.0422. The summed E-state index contributed by atoms with van der Waals surface area (Å²) in [4.78, 5) is 22.8. The Kier molecular flexibility index (Phi) is 6.71. The standard InChI is InChI=1S/C23H26N4O2S/c1-17-20(15-18-7-3-2-4-8-18)26-23(24-17)30-16-22(28)25-19-9-5-6-10-21(19)27-11-13-29-14-12-27/h2-10H,11-16H2,1H3,(H,24,26)(H,25,28). The fourth-order valence-electron chi connectivity index (χ4n) is 3.48. The summed E-state index contributed by atoms with van der Waals surface area (Å²) in [7, 11) is 0. The van der Waals surface area contributed by atoms with Crippen LogP contribution in [-0.4, -0.2) is 47.9 Å². The van der Waals surface area contributed by atoms with E-state index in [9.17, 15) is 4.79 Å². The zero-order valence-electron chi connectivity index (χ0n) is 17.1. The first-order valence-corrected chi connectivity index (χ1v) is 11.1. The first kappa shape index (κ1) is 20.5. The van der Waals surface area contributed by atoms with Crippen LogP contribution < -0.4 is 10.2 Å². The molecule has 7 heteroatoms. The Morgan fingerprint density at radius 1 is 1.13 bits per heavy atom. The van der Waals surface area contributed by atoms with Crippen molar-refractivity contribution < 1.29 is 9.53 Å². The number of aromatic amines is 1. The molecule has 3 aromatic rings. The van der Waals surface area contributed by atoms with Crippen LogP contribution in [0.4, 0.5) is 11.4 Å². The van der Waals surface area contributed by atoms with E-state index in [0.717, 1.165) is 47.4 Å². The van der Waals surface area contributed by atoms with Gasteiger partial charge < -0.3 is 19.9 Å². The van der Waals surface area contributed by atoms with E-state index >= 15 is 0 Å². The van der Waals surface area contributed by atoms with Gasteiger partial charge in [0.25, 0.3) is 0 Å². The maximum atomic E-state index is 12.6. The van der Waals surface area contributed by atoms with Gasteiger partial charge in [0.1, 0.15) is 0 Å². The highest BCUT2D eigenvalue weighted by Crippen LogP contribution is 2.27. The number of nitrogens with one attached hydrogen (secondary N) is 2. The summed E-state index contributed by atoms with van der Waals surface area (Å²) in [5.74, 6) is 0.259. The van der Waals surface area contributed by atoms with Gasteiger partial charge in [0.15, 0.2) is 5.16 Å². The van der Waals surface area contributed by atoms with Crippen molar-refractivity contribution in [1.82, 2.24) is 9.97 Å². The SMILES string of the molecule is Cc1[nH]c(SCC(=O)Nc2ccccc2N2CCOCC2)nc1Cc1ccccc1. The molecular weight excluding hydrogens is 396 g/mol. The molecule has 4 rings (SSSR count). The Hall–Kier alpha value is -2.77. The van der Waals surface area contributed by atoms with Crippen LogP contribution in [0.1, 0.15) is 17.0 Å². The topological polar surface area (TPSA) is 70.2 Å². The zero-order chi connectivity index (χ0) is 20.8. The first-order valence-electron chi connectivity index (χ1n) is 10.1. The van der Waals surface area contributed by atoms with Crippen molar-refractivity contribution in [3.63, 3.8) is 0 Å². The van der Waals surface area contributed by atoms with Crippen LogP contribution in [0.25, 0.3) is 0 Å². The predicted molar refractivity (Wildman–Crippen MR) is 121 cm³/mol. The van der Waals surface area contributed by atoms with Crippen molar-refractivity contribution >= 4 is 29.0 Å². The molecule has 1 fully saturated rings. The van der Waals surface area contributed by atoms with Gasteiger partial charge in [-0.05, 0) is 24.6 Å². The van der Waals surface area contributed by atoms with Crippen LogP contribution >= 0.6 is 11.8 Å². The number of anilines is 2. The number of hydrogen-bond acceptors (Lipinski definition) is 5. The Morgan fingerprint density at radius 3 is 2.67 bits per heavy atom. The van der Waals surface area contributed by atoms with Crippen molar-refractivity contribution in [1.29, 1.82) is 0 Å². The van der Waals surface area contributed by atoms with Gasteiger partial charge in [-0.3, -0.25) is 4.79 Å². The second kappa shape index (κ2) is 9.82. The molecule has 1 amide bonds. The Morgan fingerprint density at radius 2 is 1.87 bits per heavy atom. The Balaban J connectivity index is 1.35. The average molecular weight is 423 g/mol. The molecule has 0 unspecified atom stereocenters.